The summed E-state index contributed by atoms with van der Waals surface area (Å²) in [5.74, 6) is -0.178. The summed E-state index contributed by atoms with van der Waals surface area (Å²) in [6, 6.07) is 6.73. The Morgan fingerprint density at radius 2 is 1.78 bits per heavy atom. The molecule has 1 heterocycles. The highest BCUT2D eigenvalue weighted by atomic mass is 19.1. The fraction of sp³-hybridized carbons (Fsp3) is 0.571. The molecule has 0 N–H and O–H groups in total. The summed E-state index contributed by atoms with van der Waals surface area (Å²) >= 11 is 0. The maximum absolute atomic E-state index is 12.9. The zero-order valence-electron chi connectivity index (χ0n) is 11.1. The number of anilines is 1. The van der Waals surface area contributed by atoms with Gasteiger partial charge in [-0.3, -0.25) is 4.90 Å². The average molecular weight is 252 g/mol. The van der Waals surface area contributed by atoms with Crippen LogP contribution in [0.3, 0.4) is 0 Å². The second-order valence-electron chi connectivity index (χ2n) is 4.55. The molecule has 1 unspecified atom stereocenters. The standard InChI is InChI=1S/C14H21FN2O/c1-3-18-12(2)16-8-10-17(11-9-16)14-6-4-13(15)5-7-14/h4-7,12H,3,8-11H2,1-2H3. The molecule has 100 valence electrons. The molecular weight excluding hydrogens is 231 g/mol. The van der Waals surface area contributed by atoms with Crippen LogP contribution >= 0.6 is 0 Å². The van der Waals surface area contributed by atoms with Crippen molar-refractivity contribution in [2.75, 3.05) is 37.7 Å². The van der Waals surface area contributed by atoms with E-state index in [4.69, 9.17) is 4.74 Å². The minimum atomic E-state index is -0.178. The van der Waals surface area contributed by atoms with E-state index in [0.717, 1.165) is 38.5 Å². The average Bonchev–Trinajstić information content (AvgIpc) is 2.40. The summed E-state index contributed by atoms with van der Waals surface area (Å²) in [5.41, 5.74) is 1.10. The van der Waals surface area contributed by atoms with Crippen molar-refractivity contribution in [3.63, 3.8) is 0 Å². The molecule has 0 aromatic heterocycles. The first-order valence-corrected chi connectivity index (χ1v) is 6.57. The maximum Gasteiger partial charge on any atom is 0.123 e. The van der Waals surface area contributed by atoms with Gasteiger partial charge in [0, 0.05) is 38.5 Å². The first-order chi connectivity index (χ1) is 8.70. The van der Waals surface area contributed by atoms with Gasteiger partial charge in [-0.2, -0.15) is 0 Å². The highest BCUT2D eigenvalue weighted by Crippen LogP contribution is 2.17. The summed E-state index contributed by atoms with van der Waals surface area (Å²) < 4.78 is 18.5. The quantitative estimate of drug-likeness (QED) is 0.818. The molecule has 1 aromatic carbocycles. The molecule has 18 heavy (non-hydrogen) atoms. The lowest BCUT2D eigenvalue weighted by molar-refractivity contribution is -0.0440. The molecule has 1 fully saturated rings. The fourth-order valence-electron chi connectivity index (χ4n) is 2.34. The van der Waals surface area contributed by atoms with Gasteiger partial charge in [0.05, 0.1) is 0 Å². The summed E-state index contributed by atoms with van der Waals surface area (Å²) in [7, 11) is 0. The number of ether oxygens (including phenoxy) is 1. The Hall–Kier alpha value is -1.13. The summed E-state index contributed by atoms with van der Waals surface area (Å²) in [5, 5.41) is 0. The van der Waals surface area contributed by atoms with E-state index >= 15 is 0 Å². The van der Waals surface area contributed by atoms with E-state index in [9.17, 15) is 4.39 Å². The van der Waals surface area contributed by atoms with E-state index in [1.165, 1.54) is 12.1 Å². The highest BCUT2D eigenvalue weighted by Gasteiger charge is 2.21. The monoisotopic (exact) mass is 252 g/mol. The zero-order valence-corrected chi connectivity index (χ0v) is 11.1. The van der Waals surface area contributed by atoms with Crippen LogP contribution in [0.2, 0.25) is 0 Å². The molecule has 1 saturated heterocycles. The van der Waals surface area contributed by atoms with Crippen molar-refractivity contribution in [3.05, 3.63) is 30.1 Å². The molecule has 4 heteroatoms. The van der Waals surface area contributed by atoms with Gasteiger partial charge in [-0.05, 0) is 38.1 Å². The molecule has 3 nitrogen and oxygen atoms in total. The van der Waals surface area contributed by atoms with Crippen molar-refractivity contribution in [3.8, 4) is 0 Å². The lowest BCUT2D eigenvalue weighted by atomic mass is 10.2. The van der Waals surface area contributed by atoms with E-state index in [1.54, 1.807) is 0 Å². The van der Waals surface area contributed by atoms with Crippen LogP contribution < -0.4 is 4.90 Å². The van der Waals surface area contributed by atoms with Crippen molar-refractivity contribution in [2.24, 2.45) is 0 Å². The van der Waals surface area contributed by atoms with E-state index < -0.39 is 0 Å². The smallest absolute Gasteiger partial charge is 0.123 e. The van der Waals surface area contributed by atoms with Crippen LogP contribution in [0.25, 0.3) is 0 Å². The lowest BCUT2D eigenvalue weighted by Crippen LogP contribution is -2.50. The van der Waals surface area contributed by atoms with Gasteiger partial charge in [-0.1, -0.05) is 0 Å². The Morgan fingerprint density at radius 3 is 2.33 bits per heavy atom. The normalized spacial score (nSPS) is 18.9. The second-order valence-corrected chi connectivity index (χ2v) is 4.55. The molecule has 0 amide bonds. The van der Waals surface area contributed by atoms with Gasteiger partial charge in [0.25, 0.3) is 0 Å². The highest BCUT2D eigenvalue weighted by molar-refractivity contribution is 5.46. The number of hydrogen-bond acceptors (Lipinski definition) is 3. The third-order valence-corrected chi connectivity index (χ3v) is 3.43. The van der Waals surface area contributed by atoms with E-state index in [-0.39, 0.29) is 12.0 Å². The molecule has 0 aliphatic carbocycles. The van der Waals surface area contributed by atoms with Gasteiger partial charge in [0.2, 0.25) is 0 Å². The summed E-state index contributed by atoms with van der Waals surface area (Å²) in [4.78, 5) is 4.62. The predicted molar refractivity (Wildman–Crippen MR) is 71.3 cm³/mol. The van der Waals surface area contributed by atoms with E-state index in [1.807, 2.05) is 19.1 Å². The van der Waals surface area contributed by atoms with Crippen molar-refractivity contribution >= 4 is 5.69 Å². The summed E-state index contributed by atoms with van der Waals surface area (Å²) in [6.45, 7) is 8.75. The number of halogens is 1. The van der Waals surface area contributed by atoms with Gasteiger partial charge >= 0.3 is 0 Å². The van der Waals surface area contributed by atoms with Crippen LogP contribution in [0.1, 0.15) is 13.8 Å². The molecule has 0 bridgehead atoms. The van der Waals surface area contributed by atoms with Gasteiger partial charge in [-0.15, -0.1) is 0 Å². The lowest BCUT2D eigenvalue weighted by Gasteiger charge is -2.38. The number of nitrogens with zero attached hydrogens (tertiary/aromatic N) is 2. The largest absolute Gasteiger partial charge is 0.369 e. The molecule has 0 saturated carbocycles. The van der Waals surface area contributed by atoms with Gasteiger partial charge in [0.1, 0.15) is 12.0 Å². The van der Waals surface area contributed by atoms with Crippen LogP contribution in [-0.2, 0) is 4.74 Å². The molecule has 1 aliphatic heterocycles. The molecule has 0 spiro atoms. The Labute approximate surface area is 108 Å². The minimum absolute atomic E-state index is 0.178. The molecule has 2 rings (SSSR count). The second kappa shape index (κ2) is 6.16. The Kier molecular flexibility index (Phi) is 4.55. The van der Waals surface area contributed by atoms with Crippen molar-refractivity contribution in [2.45, 2.75) is 20.1 Å². The molecule has 1 aliphatic rings. The number of benzene rings is 1. The van der Waals surface area contributed by atoms with Crippen LogP contribution in [0.4, 0.5) is 10.1 Å². The Bertz CT molecular complexity index is 361. The third kappa shape index (κ3) is 3.21. The Balaban J connectivity index is 1.88. The van der Waals surface area contributed by atoms with E-state index in [0.29, 0.717) is 0 Å². The molecule has 1 atom stereocenters. The van der Waals surface area contributed by atoms with Crippen LogP contribution in [0.5, 0.6) is 0 Å². The van der Waals surface area contributed by atoms with Gasteiger partial charge in [-0.25, -0.2) is 4.39 Å². The predicted octanol–water partition coefficient (Wildman–Crippen LogP) is 2.33. The fourth-order valence-corrected chi connectivity index (χ4v) is 2.34. The van der Waals surface area contributed by atoms with Crippen molar-refractivity contribution in [1.29, 1.82) is 0 Å². The maximum atomic E-state index is 12.9. The number of piperazine rings is 1. The molecular formula is C14H21FN2O. The molecule has 0 radical (unpaired) electrons. The van der Waals surface area contributed by atoms with E-state index in [2.05, 4.69) is 16.7 Å². The Morgan fingerprint density at radius 1 is 1.17 bits per heavy atom. The van der Waals surface area contributed by atoms with Crippen molar-refractivity contribution in [1.82, 2.24) is 4.90 Å². The van der Waals surface area contributed by atoms with Gasteiger partial charge in [0.15, 0.2) is 0 Å². The van der Waals surface area contributed by atoms with Crippen molar-refractivity contribution < 1.29 is 9.13 Å². The van der Waals surface area contributed by atoms with Crippen LogP contribution in [0, 0.1) is 5.82 Å². The zero-order chi connectivity index (χ0) is 13.0. The third-order valence-electron chi connectivity index (χ3n) is 3.43. The van der Waals surface area contributed by atoms with Crippen LogP contribution in [-0.4, -0.2) is 43.9 Å². The van der Waals surface area contributed by atoms with Gasteiger partial charge < -0.3 is 9.64 Å². The minimum Gasteiger partial charge on any atom is -0.369 e. The molecule has 1 aromatic rings. The first-order valence-electron chi connectivity index (χ1n) is 6.57. The summed E-state index contributed by atoms with van der Waals surface area (Å²) in [6.07, 6.45) is 0.186. The number of rotatable bonds is 4. The number of hydrogen-bond donors (Lipinski definition) is 0. The SMILES string of the molecule is CCOC(C)N1CCN(c2ccc(F)cc2)CC1. The first kappa shape index (κ1) is 13.3. The topological polar surface area (TPSA) is 15.7 Å². The van der Waals surface area contributed by atoms with Crippen LogP contribution in [0.15, 0.2) is 24.3 Å².